The zero-order valence-corrected chi connectivity index (χ0v) is 12.9. The van der Waals surface area contributed by atoms with Gasteiger partial charge in [0.25, 0.3) is 11.6 Å². The summed E-state index contributed by atoms with van der Waals surface area (Å²) < 4.78 is 0. The van der Waals surface area contributed by atoms with Crippen molar-refractivity contribution in [2.75, 3.05) is 20.1 Å². The predicted molar refractivity (Wildman–Crippen MR) is 85.0 cm³/mol. The van der Waals surface area contributed by atoms with Crippen LogP contribution >= 0.6 is 12.2 Å². The highest BCUT2D eigenvalue weighted by molar-refractivity contribution is 7.80. The smallest absolute Gasteiger partial charge is 0.269 e. The minimum Gasteiger partial charge on any atom is -0.364 e. The number of rotatable bonds is 4. The normalized spacial score (nSPS) is 15.3. The van der Waals surface area contributed by atoms with Crippen LogP contribution < -0.4 is 16.2 Å². The third-order valence-corrected chi connectivity index (χ3v) is 3.73. The molecule has 1 heterocycles. The van der Waals surface area contributed by atoms with Crippen molar-refractivity contribution in [1.29, 1.82) is 0 Å². The molecule has 9 heteroatoms. The Bertz CT molecular complexity index is 591. The minimum atomic E-state index is -0.583. The number of non-ortho nitro benzene ring substituents is 1. The lowest BCUT2D eigenvalue weighted by molar-refractivity contribution is -0.384. The number of nitrogens with zero attached hydrogens (tertiary/aromatic N) is 2. The fraction of sp³-hybridized carbons (Fsp3) is 0.385. The van der Waals surface area contributed by atoms with Gasteiger partial charge in [-0.25, -0.2) is 0 Å². The maximum atomic E-state index is 12.4. The number of carbonyl (C=O) groups is 1. The lowest BCUT2D eigenvalue weighted by Gasteiger charge is -2.37. The number of carbonyl (C=O) groups excluding carboxylic acids is 1. The summed E-state index contributed by atoms with van der Waals surface area (Å²) in [7, 11) is 1.63. The average molecular weight is 323 g/mol. The van der Waals surface area contributed by atoms with Crippen LogP contribution in [0.15, 0.2) is 24.3 Å². The van der Waals surface area contributed by atoms with Gasteiger partial charge in [-0.3, -0.25) is 30.7 Å². The van der Waals surface area contributed by atoms with E-state index in [2.05, 4.69) is 16.2 Å². The first-order valence-corrected chi connectivity index (χ1v) is 7.19. The Morgan fingerprint density at radius 2 is 2.14 bits per heavy atom. The lowest BCUT2D eigenvalue weighted by Crippen LogP contribution is -2.52. The van der Waals surface area contributed by atoms with Crippen LogP contribution in [0.5, 0.6) is 0 Å². The highest BCUT2D eigenvalue weighted by Crippen LogP contribution is 2.28. The molecule has 1 aromatic rings. The molecule has 2 rings (SSSR count). The highest BCUT2D eigenvalue weighted by Gasteiger charge is 2.32. The van der Waals surface area contributed by atoms with E-state index in [1.807, 2.05) is 4.90 Å². The number of hydrogen-bond acceptors (Lipinski definition) is 5. The molecule has 22 heavy (non-hydrogen) atoms. The highest BCUT2D eigenvalue weighted by atomic mass is 32.1. The molecule has 1 fully saturated rings. The predicted octanol–water partition coefficient (Wildman–Crippen LogP) is 0.467. The molecule has 1 saturated heterocycles. The van der Waals surface area contributed by atoms with Crippen LogP contribution in [-0.2, 0) is 4.79 Å². The van der Waals surface area contributed by atoms with Crippen LogP contribution in [0.3, 0.4) is 0 Å². The molecule has 0 aromatic heterocycles. The molecule has 1 aromatic carbocycles. The van der Waals surface area contributed by atoms with E-state index in [4.69, 9.17) is 12.2 Å². The first-order chi connectivity index (χ1) is 10.5. The third-order valence-electron chi connectivity index (χ3n) is 3.43. The summed E-state index contributed by atoms with van der Waals surface area (Å²) in [4.78, 5) is 24.8. The molecule has 1 unspecified atom stereocenters. The second-order valence-electron chi connectivity index (χ2n) is 4.84. The number of hydrazine groups is 1. The van der Waals surface area contributed by atoms with Crippen molar-refractivity contribution in [2.24, 2.45) is 0 Å². The van der Waals surface area contributed by atoms with Gasteiger partial charge in [0.1, 0.15) is 6.04 Å². The largest absolute Gasteiger partial charge is 0.364 e. The van der Waals surface area contributed by atoms with Crippen LogP contribution in [0, 0.1) is 10.1 Å². The van der Waals surface area contributed by atoms with Crippen molar-refractivity contribution in [3.63, 3.8) is 0 Å². The second kappa shape index (κ2) is 7.14. The Hall–Kier alpha value is -2.26. The van der Waals surface area contributed by atoms with Crippen LogP contribution in [0.2, 0.25) is 0 Å². The number of nitro benzene ring substituents is 1. The van der Waals surface area contributed by atoms with Gasteiger partial charge in [0, 0.05) is 32.3 Å². The molecule has 0 saturated carbocycles. The van der Waals surface area contributed by atoms with E-state index in [1.54, 1.807) is 19.2 Å². The SMILES string of the molecule is CNC(=S)NNC(=O)C(c1cccc([N+](=O)[O-])c1)N1CCC1. The molecule has 1 atom stereocenters. The minimum absolute atomic E-state index is 0.0328. The van der Waals surface area contributed by atoms with E-state index >= 15 is 0 Å². The van der Waals surface area contributed by atoms with Gasteiger partial charge in [-0.1, -0.05) is 12.1 Å². The van der Waals surface area contributed by atoms with Crippen LogP contribution in [0.1, 0.15) is 18.0 Å². The van der Waals surface area contributed by atoms with E-state index in [0.717, 1.165) is 19.5 Å². The second-order valence-corrected chi connectivity index (χ2v) is 5.25. The summed E-state index contributed by atoms with van der Waals surface area (Å²) in [5, 5.41) is 13.9. The first-order valence-electron chi connectivity index (χ1n) is 6.79. The maximum absolute atomic E-state index is 12.4. The summed E-state index contributed by atoms with van der Waals surface area (Å²) in [6, 6.07) is 5.55. The molecular weight excluding hydrogens is 306 g/mol. The quantitative estimate of drug-likeness (QED) is 0.421. The molecule has 8 nitrogen and oxygen atoms in total. The standard InChI is InChI=1S/C13H17N5O3S/c1-14-13(22)16-15-12(19)11(17-6-3-7-17)9-4-2-5-10(8-9)18(20)21/h2,4-5,8,11H,3,6-7H2,1H3,(H,15,19)(H2,14,16,22). The van der Waals surface area contributed by atoms with E-state index in [9.17, 15) is 14.9 Å². The molecule has 0 spiro atoms. The van der Waals surface area contributed by atoms with Gasteiger partial charge in [-0.05, 0) is 24.2 Å². The Labute approximate surface area is 133 Å². The van der Waals surface area contributed by atoms with E-state index in [0.29, 0.717) is 5.56 Å². The number of benzene rings is 1. The molecule has 0 aliphatic carbocycles. The molecule has 118 valence electrons. The van der Waals surface area contributed by atoms with Gasteiger partial charge in [-0.15, -0.1) is 0 Å². The number of hydrogen-bond donors (Lipinski definition) is 3. The first kappa shape index (κ1) is 16.1. The number of nitrogens with one attached hydrogen (secondary N) is 3. The van der Waals surface area contributed by atoms with Gasteiger partial charge >= 0.3 is 0 Å². The third kappa shape index (κ3) is 3.68. The number of likely N-dealkylation sites (tertiary alicyclic amines) is 1. The van der Waals surface area contributed by atoms with Gasteiger partial charge in [0.2, 0.25) is 0 Å². The monoisotopic (exact) mass is 323 g/mol. The Morgan fingerprint density at radius 3 is 2.68 bits per heavy atom. The zero-order valence-electron chi connectivity index (χ0n) is 12.0. The molecule has 1 aliphatic rings. The van der Waals surface area contributed by atoms with Crippen molar-refractivity contribution in [3.05, 3.63) is 39.9 Å². The fourth-order valence-electron chi connectivity index (χ4n) is 2.18. The van der Waals surface area contributed by atoms with Gasteiger partial charge < -0.3 is 5.32 Å². The van der Waals surface area contributed by atoms with Crippen LogP contribution in [0.4, 0.5) is 5.69 Å². The summed E-state index contributed by atoms with van der Waals surface area (Å²) >= 11 is 4.90. The average Bonchev–Trinajstić information content (AvgIpc) is 2.47. The van der Waals surface area contributed by atoms with Crippen molar-refractivity contribution in [2.45, 2.75) is 12.5 Å². The van der Waals surface area contributed by atoms with Crippen molar-refractivity contribution in [3.8, 4) is 0 Å². The van der Waals surface area contributed by atoms with Gasteiger partial charge in [0.05, 0.1) is 4.92 Å². The topological polar surface area (TPSA) is 99.5 Å². The lowest BCUT2D eigenvalue weighted by atomic mass is 10.0. The molecular formula is C13H17N5O3S. The fourth-order valence-corrected chi connectivity index (χ4v) is 2.24. The number of thiocarbonyl (C=S) groups is 1. The van der Waals surface area contributed by atoms with Gasteiger partial charge in [-0.2, -0.15) is 0 Å². The van der Waals surface area contributed by atoms with Crippen LogP contribution in [-0.4, -0.2) is 41.0 Å². The zero-order chi connectivity index (χ0) is 16.1. The van der Waals surface area contributed by atoms with Crippen molar-refractivity contribution >= 4 is 28.9 Å². The summed E-state index contributed by atoms with van der Waals surface area (Å²) in [5.74, 6) is -0.308. The van der Waals surface area contributed by atoms with E-state index in [-0.39, 0.29) is 16.7 Å². The van der Waals surface area contributed by atoms with Crippen molar-refractivity contribution in [1.82, 2.24) is 21.1 Å². The van der Waals surface area contributed by atoms with Crippen LogP contribution in [0.25, 0.3) is 0 Å². The summed E-state index contributed by atoms with van der Waals surface area (Å²) in [5.41, 5.74) is 5.66. The molecule has 1 amide bonds. The van der Waals surface area contributed by atoms with E-state index in [1.165, 1.54) is 12.1 Å². The Balaban J connectivity index is 2.19. The summed E-state index contributed by atoms with van der Waals surface area (Å²) in [6.45, 7) is 1.55. The molecule has 0 bridgehead atoms. The number of amides is 1. The van der Waals surface area contributed by atoms with Crippen molar-refractivity contribution < 1.29 is 9.72 Å². The maximum Gasteiger partial charge on any atom is 0.269 e. The molecule has 0 radical (unpaired) electrons. The Morgan fingerprint density at radius 1 is 1.41 bits per heavy atom. The van der Waals surface area contributed by atoms with Gasteiger partial charge in [0.15, 0.2) is 5.11 Å². The molecule has 3 N–H and O–H groups in total. The van der Waals surface area contributed by atoms with E-state index < -0.39 is 11.0 Å². The Kier molecular flexibility index (Phi) is 5.23. The molecule has 1 aliphatic heterocycles. The summed E-state index contributed by atoms with van der Waals surface area (Å²) in [6.07, 6.45) is 1.00. The number of nitro groups is 1.